The minimum atomic E-state index is 0.492. The molecule has 0 bridgehead atoms. The summed E-state index contributed by atoms with van der Waals surface area (Å²) in [6.45, 7) is 4.41. The summed E-state index contributed by atoms with van der Waals surface area (Å²) in [5.41, 5.74) is 4.63. The highest BCUT2D eigenvalue weighted by Gasteiger charge is 2.13. The third kappa shape index (κ3) is 3.08. The molecule has 1 heterocycles. The smallest absolute Gasteiger partial charge is 0.124 e. The highest BCUT2D eigenvalue weighted by molar-refractivity contribution is 7.15. The summed E-state index contributed by atoms with van der Waals surface area (Å²) in [4.78, 5) is 5.95. The molecule has 112 valence electrons. The molecule has 3 aromatic rings. The molecule has 0 saturated carbocycles. The van der Waals surface area contributed by atoms with Crippen LogP contribution in [0.4, 0.5) is 0 Å². The summed E-state index contributed by atoms with van der Waals surface area (Å²) in [7, 11) is 0. The van der Waals surface area contributed by atoms with E-state index in [9.17, 15) is 0 Å². The van der Waals surface area contributed by atoms with Crippen LogP contribution in [0.25, 0.3) is 21.8 Å². The maximum Gasteiger partial charge on any atom is 0.124 e. The van der Waals surface area contributed by atoms with Crippen LogP contribution >= 0.6 is 22.9 Å². The Morgan fingerprint density at radius 3 is 2.23 bits per heavy atom. The van der Waals surface area contributed by atoms with Crippen LogP contribution in [0.3, 0.4) is 0 Å². The van der Waals surface area contributed by atoms with E-state index in [1.54, 1.807) is 11.3 Å². The largest absolute Gasteiger partial charge is 0.236 e. The predicted octanol–water partition coefficient (Wildman–Crippen LogP) is 6.34. The first-order chi connectivity index (χ1) is 10.7. The molecule has 22 heavy (non-hydrogen) atoms. The average molecular weight is 328 g/mol. The van der Waals surface area contributed by atoms with E-state index in [0.29, 0.717) is 11.8 Å². The summed E-state index contributed by atoms with van der Waals surface area (Å²) in [6.07, 6.45) is 0. The fourth-order valence-electron chi connectivity index (χ4n) is 2.40. The van der Waals surface area contributed by atoms with Crippen molar-refractivity contribution in [2.45, 2.75) is 25.6 Å². The van der Waals surface area contributed by atoms with Crippen molar-refractivity contribution < 1.29 is 0 Å². The van der Waals surface area contributed by atoms with E-state index in [1.807, 2.05) is 18.2 Å². The molecular formula is C19H18ClNS. The zero-order valence-corrected chi connectivity index (χ0v) is 14.3. The lowest BCUT2D eigenvalue weighted by molar-refractivity contribution is 0.867. The van der Waals surface area contributed by atoms with Gasteiger partial charge in [0.25, 0.3) is 0 Å². The van der Waals surface area contributed by atoms with Gasteiger partial charge in [0.1, 0.15) is 5.01 Å². The van der Waals surface area contributed by atoms with Crippen molar-refractivity contribution in [1.29, 1.82) is 0 Å². The van der Waals surface area contributed by atoms with Crippen molar-refractivity contribution in [3.05, 3.63) is 65.0 Å². The third-order valence-corrected chi connectivity index (χ3v) is 5.22. The van der Waals surface area contributed by atoms with Crippen molar-refractivity contribution in [3.63, 3.8) is 0 Å². The second-order valence-electron chi connectivity index (χ2n) is 5.57. The van der Waals surface area contributed by atoms with E-state index in [4.69, 9.17) is 16.6 Å². The molecule has 0 fully saturated rings. The van der Waals surface area contributed by atoms with Crippen molar-refractivity contribution in [3.8, 4) is 21.8 Å². The number of nitrogens with zero attached hydrogens (tertiary/aromatic N) is 1. The second kappa shape index (κ2) is 6.64. The summed E-state index contributed by atoms with van der Waals surface area (Å²) < 4.78 is 0. The summed E-state index contributed by atoms with van der Waals surface area (Å²) >= 11 is 7.81. The number of aromatic nitrogens is 1. The van der Waals surface area contributed by atoms with E-state index in [1.165, 1.54) is 5.56 Å². The zero-order chi connectivity index (χ0) is 15.5. The summed E-state index contributed by atoms with van der Waals surface area (Å²) in [5.74, 6) is 1.03. The number of rotatable bonds is 4. The number of benzene rings is 2. The molecule has 0 aliphatic heterocycles. The summed E-state index contributed by atoms with van der Waals surface area (Å²) in [6, 6.07) is 18.9. The minimum absolute atomic E-state index is 0.492. The van der Waals surface area contributed by atoms with Crippen LogP contribution in [-0.4, -0.2) is 4.98 Å². The fraction of sp³-hybridized carbons (Fsp3) is 0.211. The van der Waals surface area contributed by atoms with E-state index in [0.717, 1.165) is 26.7 Å². The van der Waals surface area contributed by atoms with Crippen LogP contribution in [0.2, 0.25) is 0 Å². The van der Waals surface area contributed by atoms with Crippen molar-refractivity contribution in [2.75, 3.05) is 0 Å². The first-order valence-electron chi connectivity index (χ1n) is 7.40. The molecule has 2 aromatic carbocycles. The summed E-state index contributed by atoms with van der Waals surface area (Å²) in [5, 5.41) is 1.03. The standard InChI is InChI=1S/C19H18ClNS/c1-13(2)14-8-10-15(11-9-14)18-17(12-20)22-19(21-18)16-6-4-3-5-7-16/h3-11,13H,12H2,1-2H3. The number of halogens is 1. The lowest BCUT2D eigenvalue weighted by Crippen LogP contribution is -1.88. The number of thiazole rings is 1. The third-order valence-electron chi connectivity index (χ3n) is 3.69. The first-order valence-corrected chi connectivity index (χ1v) is 8.75. The fourth-order valence-corrected chi connectivity index (χ4v) is 3.63. The maximum absolute atomic E-state index is 6.13. The van der Waals surface area contributed by atoms with Gasteiger partial charge in [0.15, 0.2) is 0 Å². The number of hydrogen-bond acceptors (Lipinski definition) is 2. The Bertz CT molecular complexity index is 745. The van der Waals surface area contributed by atoms with Crippen LogP contribution in [-0.2, 0) is 5.88 Å². The zero-order valence-electron chi connectivity index (χ0n) is 12.7. The SMILES string of the molecule is CC(C)c1ccc(-c2nc(-c3ccccc3)sc2CCl)cc1. The van der Waals surface area contributed by atoms with E-state index < -0.39 is 0 Å². The molecule has 0 spiro atoms. The van der Waals surface area contributed by atoms with E-state index in [-0.39, 0.29) is 0 Å². The van der Waals surface area contributed by atoms with Gasteiger partial charge in [0.05, 0.1) is 11.6 Å². The molecule has 1 nitrogen and oxygen atoms in total. The van der Waals surface area contributed by atoms with Gasteiger partial charge in [-0.05, 0) is 11.5 Å². The predicted molar refractivity (Wildman–Crippen MR) is 96.6 cm³/mol. The van der Waals surface area contributed by atoms with Crippen LogP contribution in [0.1, 0.15) is 30.2 Å². The van der Waals surface area contributed by atoms with Gasteiger partial charge in [-0.15, -0.1) is 22.9 Å². The topological polar surface area (TPSA) is 12.9 Å². The van der Waals surface area contributed by atoms with Gasteiger partial charge in [-0.2, -0.15) is 0 Å². The average Bonchev–Trinajstić information content (AvgIpc) is 3.00. The molecule has 0 amide bonds. The molecule has 3 rings (SSSR count). The van der Waals surface area contributed by atoms with Gasteiger partial charge in [0, 0.05) is 16.0 Å². The Labute approximate surface area is 140 Å². The first kappa shape index (κ1) is 15.3. The van der Waals surface area contributed by atoms with Gasteiger partial charge in [-0.1, -0.05) is 68.4 Å². The Kier molecular flexibility index (Phi) is 4.60. The van der Waals surface area contributed by atoms with Crippen LogP contribution < -0.4 is 0 Å². The molecule has 0 N–H and O–H groups in total. The highest BCUT2D eigenvalue weighted by atomic mass is 35.5. The van der Waals surface area contributed by atoms with Gasteiger partial charge >= 0.3 is 0 Å². The van der Waals surface area contributed by atoms with Gasteiger partial charge in [-0.3, -0.25) is 0 Å². The van der Waals surface area contributed by atoms with Crippen molar-refractivity contribution >= 4 is 22.9 Å². The van der Waals surface area contributed by atoms with Crippen LogP contribution in [0.15, 0.2) is 54.6 Å². The van der Waals surface area contributed by atoms with Crippen LogP contribution in [0, 0.1) is 0 Å². The van der Waals surface area contributed by atoms with E-state index in [2.05, 4.69) is 50.2 Å². The minimum Gasteiger partial charge on any atom is -0.236 e. The molecule has 0 radical (unpaired) electrons. The molecule has 3 heteroatoms. The van der Waals surface area contributed by atoms with Gasteiger partial charge in [0.2, 0.25) is 0 Å². The normalized spacial score (nSPS) is 11.1. The van der Waals surface area contributed by atoms with E-state index >= 15 is 0 Å². The molecule has 0 saturated heterocycles. The Hall–Kier alpha value is -1.64. The Balaban J connectivity index is 2.01. The van der Waals surface area contributed by atoms with Gasteiger partial charge in [-0.25, -0.2) is 4.98 Å². The van der Waals surface area contributed by atoms with Crippen LogP contribution in [0.5, 0.6) is 0 Å². The molecular weight excluding hydrogens is 310 g/mol. The quantitative estimate of drug-likeness (QED) is 0.509. The van der Waals surface area contributed by atoms with Crippen molar-refractivity contribution in [1.82, 2.24) is 4.98 Å². The second-order valence-corrected chi connectivity index (χ2v) is 6.92. The molecule has 0 atom stereocenters. The number of alkyl halides is 1. The number of hydrogen-bond donors (Lipinski definition) is 0. The van der Waals surface area contributed by atoms with Gasteiger partial charge < -0.3 is 0 Å². The highest BCUT2D eigenvalue weighted by Crippen LogP contribution is 2.35. The molecule has 1 aromatic heterocycles. The molecule has 0 unspecified atom stereocenters. The molecule has 0 aliphatic carbocycles. The Morgan fingerprint density at radius 2 is 1.64 bits per heavy atom. The lowest BCUT2D eigenvalue weighted by Gasteiger charge is -2.06. The molecule has 0 aliphatic rings. The lowest BCUT2D eigenvalue weighted by atomic mass is 10.0. The van der Waals surface area contributed by atoms with Crippen molar-refractivity contribution in [2.24, 2.45) is 0 Å². The monoisotopic (exact) mass is 327 g/mol. The Morgan fingerprint density at radius 1 is 0.955 bits per heavy atom. The maximum atomic E-state index is 6.13.